The Balaban J connectivity index is 1.34. The Bertz CT molecular complexity index is 815. The molecule has 2 fully saturated rings. The third-order valence-electron chi connectivity index (χ3n) is 5.42. The van der Waals surface area contributed by atoms with Crippen LogP contribution in [0.5, 0.6) is 0 Å². The number of benzene rings is 2. The molecule has 2 aliphatic heterocycles. The fourth-order valence-corrected chi connectivity index (χ4v) is 4.03. The molecule has 28 heavy (non-hydrogen) atoms. The monoisotopic (exact) mass is 399 g/mol. The molecule has 0 aromatic heterocycles. The van der Waals surface area contributed by atoms with E-state index in [2.05, 4.69) is 21.9 Å². The number of hydrogen-bond donors (Lipinski definition) is 0. The van der Waals surface area contributed by atoms with E-state index in [4.69, 9.17) is 16.3 Å². The van der Waals surface area contributed by atoms with Crippen molar-refractivity contribution in [1.82, 2.24) is 9.80 Å². The van der Waals surface area contributed by atoms with Crippen molar-refractivity contribution in [1.29, 1.82) is 0 Å². The number of nitrogens with zero attached hydrogens (tertiary/aromatic N) is 3. The van der Waals surface area contributed by atoms with Crippen LogP contribution in [0.2, 0.25) is 5.02 Å². The maximum absolute atomic E-state index is 12.7. The van der Waals surface area contributed by atoms with E-state index in [-0.39, 0.29) is 5.91 Å². The molecule has 0 atom stereocenters. The lowest BCUT2D eigenvalue weighted by Gasteiger charge is -2.36. The molecular weight excluding hydrogens is 374 g/mol. The molecule has 2 heterocycles. The summed E-state index contributed by atoms with van der Waals surface area (Å²) in [6.45, 7) is 7.42. The summed E-state index contributed by atoms with van der Waals surface area (Å²) in [6, 6.07) is 16.1. The molecular formula is C22H26ClN3O2. The Morgan fingerprint density at radius 3 is 2.43 bits per heavy atom. The number of ether oxygens (including phenoxy) is 1. The van der Waals surface area contributed by atoms with Crippen molar-refractivity contribution >= 4 is 23.2 Å². The summed E-state index contributed by atoms with van der Waals surface area (Å²) < 4.78 is 5.35. The number of rotatable bonds is 4. The van der Waals surface area contributed by atoms with Crippen molar-refractivity contribution < 1.29 is 9.53 Å². The van der Waals surface area contributed by atoms with Crippen LogP contribution in [0.15, 0.2) is 48.5 Å². The third kappa shape index (κ3) is 4.66. The van der Waals surface area contributed by atoms with Gasteiger partial charge in [-0.1, -0.05) is 29.8 Å². The Kier molecular flexibility index (Phi) is 6.15. The van der Waals surface area contributed by atoms with Crippen molar-refractivity contribution in [3.63, 3.8) is 0 Å². The molecule has 2 aromatic carbocycles. The lowest BCUT2D eigenvalue weighted by atomic mass is 10.1. The first-order valence-electron chi connectivity index (χ1n) is 9.88. The quantitative estimate of drug-likeness (QED) is 0.791. The zero-order valence-corrected chi connectivity index (χ0v) is 16.8. The molecule has 2 aliphatic rings. The van der Waals surface area contributed by atoms with Gasteiger partial charge in [-0.05, 0) is 35.9 Å². The van der Waals surface area contributed by atoms with Gasteiger partial charge >= 0.3 is 0 Å². The molecule has 2 saturated heterocycles. The SMILES string of the molecule is O=C(c1cccc(CN2CCN(c3cccc(Cl)c3)CC2)c1)N1CCOCC1. The van der Waals surface area contributed by atoms with Crippen LogP contribution in [-0.4, -0.2) is 68.2 Å². The second-order valence-corrected chi connectivity index (χ2v) is 7.78. The maximum atomic E-state index is 12.7. The third-order valence-corrected chi connectivity index (χ3v) is 5.66. The number of morpholine rings is 1. The van der Waals surface area contributed by atoms with E-state index in [0.717, 1.165) is 43.3 Å². The van der Waals surface area contributed by atoms with Gasteiger partial charge in [-0.25, -0.2) is 0 Å². The second kappa shape index (κ2) is 8.95. The first-order valence-corrected chi connectivity index (χ1v) is 10.3. The Hall–Kier alpha value is -2.08. The summed E-state index contributed by atoms with van der Waals surface area (Å²) in [6.07, 6.45) is 0. The number of carbonyl (C=O) groups is 1. The van der Waals surface area contributed by atoms with Crippen LogP contribution in [0.1, 0.15) is 15.9 Å². The fraction of sp³-hybridized carbons (Fsp3) is 0.409. The summed E-state index contributed by atoms with van der Waals surface area (Å²) >= 11 is 6.12. The second-order valence-electron chi connectivity index (χ2n) is 7.35. The molecule has 0 radical (unpaired) electrons. The topological polar surface area (TPSA) is 36.0 Å². The van der Waals surface area contributed by atoms with E-state index < -0.39 is 0 Å². The maximum Gasteiger partial charge on any atom is 0.254 e. The van der Waals surface area contributed by atoms with Gasteiger partial charge in [-0.15, -0.1) is 0 Å². The zero-order chi connectivity index (χ0) is 19.3. The van der Waals surface area contributed by atoms with Crippen LogP contribution in [0.4, 0.5) is 5.69 Å². The van der Waals surface area contributed by atoms with Gasteiger partial charge in [0.05, 0.1) is 13.2 Å². The minimum Gasteiger partial charge on any atom is -0.378 e. The van der Waals surface area contributed by atoms with Gasteiger partial charge < -0.3 is 14.5 Å². The van der Waals surface area contributed by atoms with Crippen molar-refractivity contribution in [3.05, 3.63) is 64.7 Å². The van der Waals surface area contributed by atoms with Gasteiger partial charge in [0, 0.05) is 62.1 Å². The molecule has 0 bridgehead atoms. The highest BCUT2D eigenvalue weighted by molar-refractivity contribution is 6.30. The summed E-state index contributed by atoms with van der Waals surface area (Å²) in [5, 5.41) is 0.779. The van der Waals surface area contributed by atoms with E-state index >= 15 is 0 Å². The van der Waals surface area contributed by atoms with Gasteiger partial charge in [-0.3, -0.25) is 9.69 Å². The number of amides is 1. The van der Waals surface area contributed by atoms with Gasteiger partial charge in [0.15, 0.2) is 0 Å². The highest BCUT2D eigenvalue weighted by Crippen LogP contribution is 2.21. The van der Waals surface area contributed by atoms with E-state index in [1.807, 2.05) is 41.3 Å². The summed E-state index contributed by atoms with van der Waals surface area (Å²) in [4.78, 5) is 19.4. The van der Waals surface area contributed by atoms with Gasteiger partial charge in [0.25, 0.3) is 5.91 Å². The molecule has 2 aromatic rings. The fourth-order valence-electron chi connectivity index (χ4n) is 3.85. The first-order chi connectivity index (χ1) is 13.7. The summed E-state index contributed by atoms with van der Waals surface area (Å²) in [5.74, 6) is 0.107. The first kappa shape index (κ1) is 19.2. The van der Waals surface area contributed by atoms with Crippen molar-refractivity contribution in [2.45, 2.75) is 6.54 Å². The Morgan fingerprint density at radius 1 is 0.929 bits per heavy atom. The van der Waals surface area contributed by atoms with Crippen molar-refractivity contribution in [2.24, 2.45) is 0 Å². The lowest BCUT2D eigenvalue weighted by molar-refractivity contribution is 0.0303. The van der Waals surface area contributed by atoms with Crippen LogP contribution in [-0.2, 0) is 11.3 Å². The standard InChI is InChI=1S/C22H26ClN3O2/c23-20-5-2-6-21(16-20)25-9-7-24(8-10-25)17-18-3-1-4-19(15-18)22(27)26-11-13-28-14-12-26/h1-6,15-16H,7-14,17H2. The average molecular weight is 400 g/mol. The molecule has 0 spiro atoms. The highest BCUT2D eigenvalue weighted by atomic mass is 35.5. The van der Waals surface area contributed by atoms with Crippen LogP contribution >= 0.6 is 11.6 Å². The molecule has 0 N–H and O–H groups in total. The van der Waals surface area contributed by atoms with E-state index in [0.29, 0.717) is 26.3 Å². The van der Waals surface area contributed by atoms with E-state index in [1.54, 1.807) is 0 Å². The van der Waals surface area contributed by atoms with Gasteiger partial charge in [-0.2, -0.15) is 0 Å². The molecule has 0 saturated carbocycles. The number of carbonyl (C=O) groups excluding carboxylic acids is 1. The number of piperazine rings is 1. The average Bonchev–Trinajstić information content (AvgIpc) is 2.74. The minimum absolute atomic E-state index is 0.107. The van der Waals surface area contributed by atoms with E-state index in [9.17, 15) is 4.79 Å². The molecule has 5 nitrogen and oxygen atoms in total. The molecule has 4 rings (SSSR count). The lowest BCUT2D eigenvalue weighted by Crippen LogP contribution is -2.46. The highest BCUT2D eigenvalue weighted by Gasteiger charge is 2.20. The van der Waals surface area contributed by atoms with Gasteiger partial charge in [0.1, 0.15) is 0 Å². The molecule has 148 valence electrons. The zero-order valence-electron chi connectivity index (χ0n) is 16.0. The predicted octanol–water partition coefficient (Wildman–Crippen LogP) is 3.13. The predicted molar refractivity (Wildman–Crippen MR) is 112 cm³/mol. The minimum atomic E-state index is 0.107. The summed E-state index contributed by atoms with van der Waals surface area (Å²) in [7, 11) is 0. The summed E-state index contributed by atoms with van der Waals surface area (Å²) in [5.41, 5.74) is 3.15. The van der Waals surface area contributed by atoms with E-state index in [1.165, 1.54) is 11.3 Å². The number of halogens is 1. The smallest absolute Gasteiger partial charge is 0.254 e. The Labute approximate surface area is 171 Å². The van der Waals surface area contributed by atoms with Crippen molar-refractivity contribution in [3.8, 4) is 0 Å². The van der Waals surface area contributed by atoms with Crippen LogP contribution in [0, 0.1) is 0 Å². The van der Waals surface area contributed by atoms with Crippen molar-refractivity contribution in [2.75, 3.05) is 57.4 Å². The number of anilines is 1. The Morgan fingerprint density at radius 2 is 1.68 bits per heavy atom. The largest absolute Gasteiger partial charge is 0.378 e. The molecule has 1 amide bonds. The molecule has 0 unspecified atom stereocenters. The van der Waals surface area contributed by atoms with Crippen LogP contribution in [0.25, 0.3) is 0 Å². The van der Waals surface area contributed by atoms with Gasteiger partial charge in [0.2, 0.25) is 0 Å². The normalized spacial score (nSPS) is 18.3. The molecule has 6 heteroatoms. The molecule has 0 aliphatic carbocycles. The number of hydrogen-bond acceptors (Lipinski definition) is 4. The van der Waals surface area contributed by atoms with Crippen LogP contribution < -0.4 is 4.90 Å². The van der Waals surface area contributed by atoms with Crippen LogP contribution in [0.3, 0.4) is 0 Å².